The largest absolute Gasteiger partial charge is 0.314 e. The Bertz CT molecular complexity index is 326. The molecule has 0 radical (unpaired) electrons. The van der Waals surface area contributed by atoms with Gasteiger partial charge in [-0.15, -0.1) is 0 Å². The second kappa shape index (κ2) is 5.65. The summed E-state index contributed by atoms with van der Waals surface area (Å²) in [6, 6.07) is 10.8. The highest BCUT2D eigenvalue weighted by atomic mass is 15.2. The maximum Gasteiger partial charge on any atom is 0.0108 e. The third-order valence-electron chi connectivity index (χ3n) is 3.39. The van der Waals surface area contributed by atoms with E-state index in [0.29, 0.717) is 5.41 Å². The molecule has 2 rings (SSSR count). The van der Waals surface area contributed by atoms with Crippen LogP contribution in [0.3, 0.4) is 0 Å². The first kappa shape index (κ1) is 12.6. The van der Waals surface area contributed by atoms with E-state index in [1.165, 1.54) is 25.2 Å². The number of piperazine rings is 1. The van der Waals surface area contributed by atoms with Crippen molar-refractivity contribution in [3.8, 4) is 0 Å². The van der Waals surface area contributed by atoms with Crippen LogP contribution in [0.2, 0.25) is 0 Å². The average Bonchev–Trinajstić information content (AvgIpc) is 2.30. The fourth-order valence-corrected chi connectivity index (χ4v) is 2.68. The Labute approximate surface area is 105 Å². The lowest BCUT2D eigenvalue weighted by atomic mass is 9.85. The van der Waals surface area contributed by atoms with E-state index < -0.39 is 0 Å². The van der Waals surface area contributed by atoms with Gasteiger partial charge >= 0.3 is 0 Å². The van der Waals surface area contributed by atoms with Gasteiger partial charge in [-0.25, -0.2) is 0 Å². The summed E-state index contributed by atoms with van der Waals surface area (Å²) in [5.74, 6) is 0. The van der Waals surface area contributed by atoms with Crippen LogP contribution in [0.4, 0.5) is 0 Å². The van der Waals surface area contributed by atoms with Crippen LogP contribution >= 0.6 is 0 Å². The fraction of sp³-hybridized carbons (Fsp3) is 0.600. The lowest BCUT2D eigenvalue weighted by Gasteiger charge is -2.35. The number of benzene rings is 1. The molecule has 0 unspecified atom stereocenters. The molecule has 17 heavy (non-hydrogen) atoms. The van der Waals surface area contributed by atoms with Crippen molar-refractivity contribution in [1.29, 1.82) is 0 Å². The SMILES string of the molecule is CC(C)(Cc1ccccc1)CN1CCNCC1. The minimum absolute atomic E-state index is 0.360. The molecule has 1 aliphatic rings. The van der Waals surface area contributed by atoms with Crippen molar-refractivity contribution in [3.05, 3.63) is 35.9 Å². The van der Waals surface area contributed by atoms with Crippen LogP contribution in [0.1, 0.15) is 19.4 Å². The van der Waals surface area contributed by atoms with E-state index in [1.807, 2.05) is 0 Å². The molecule has 2 nitrogen and oxygen atoms in total. The van der Waals surface area contributed by atoms with Crippen LogP contribution in [0.25, 0.3) is 0 Å². The maximum atomic E-state index is 3.41. The summed E-state index contributed by atoms with van der Waals surface area (Å²) < 4.78 is 0. The fourth-order valence-electron chi connectivity index (χ4n) is 2.68. The normalized spacial score (nSPS) is 18.2. The second-order valence-electron chi connectivity index (χ2n) is 5.85. The van der Waals surface area contributed by atoms with E-state index in [1.54, 1.807) is 0 Å². The Morgan fingerprint density at radius 2 is 1.76 bits per heavy atom. The van der Waals surface area contributed by atoms with E-state index in [9.17, 15) is 0 Å². The monoisotopic (exact) mass is 232 g/mol. The quantitative estimate of drug-likeness (QED) is 0.856. The topological polar surface area (TPSA) is 15.3 Å². The van der Waals surface area contributed by atoms with Crippen LogP contribution < -0.4 is 5.32 Å². The Morgan fingerprint density at radius 3 is 2.41 bits per heavy atom. The molecule has 0 atom stereocenters. The van der Waals surface area contributed by atoms with E-state index in [-0.39, 0.29) is 0 Å². The van der Waals surface area contributed by atoms with Gasteiger partial charge in [0, 0.05) is 32.7 Å². The number of hydrogen-bond acceptors (Lipinski definition) is 2. The predicted octanol–water partition coefficient (Wildman–Crippen LogP) is 2.16. The van der Waals surface area contributed by atoms with Crippen molar-refractivity contribution >= 4 is 0 Å². The van der Waals surface area contributed by atoms with Crippen molar-refractivity contribution < 1.29 is 0 Å². The second-order valence-corrected chi connectivity index (χ2v) is 5.85. The maximum absolute atomic E-state index is 3.41. The smallest absolute Gasteiger partial charge is 0.0108 e. The molecular formula is C15H24N2. The zero-order valence-electron chi connectivity index (χ0n) is 11.1. The van der Waals surface area contributed by atoms with Gasteiger partial charge in [0.2, 0.25) is 0 Å². The Kier molecular flexibility index (Phi) is 4.19. The molecule has 94 valence electrons. The van der Waals surface area contributed by atoms with Gasteiger partial charge in [0.05, 0.1) is 0 Å². The highest BCUT2D eigenvalue weighted by Gasteiger charge is 2.23. The van der Waals surface area contributed by atoms with Gasteiger partial charge in [-0.05, 0) is 17.4 Å². The number of hydrogen-bond donors (Lipinski definition) is 1. The Hall–Kier alpha value is -0.860. The van der Waals surface area contributed by atoms with Crippen LogP contribution in [0.15, 0.2) is 30.3 Å². The lowest BCUT2D eigenvalue weighted by Crippen LogP contribution is -2.47. The Balaban J connectivity index is 1.89. The van der Waals surface area contributed by atoms with Crippen molar-refractivity contribution in [2.75, 3.05) is 32.7 Å². The molecule has 1 N–H and O–H groups in total. The van der Waals surface area contributed by atoms with Crippen LogP contribution in [-0.2, 0) is 6.42 Å². The van der Waals surface area contributed by atoms with Gasteiger partial charge in [-0.3, -0.25) is 0 Å². The minimum Gasteiger partial charge on any atom is -0.314 e. The summed E-state index contributed by atoms with van der Waals surface area (Å²) in [6.07, 6.45) is 1.16. The minimum atomic E-state index is 0.360. The van der Waals surface area contributed by atoms with Gasteiger partial charge in [-0.2, -0.15) is 0 Å². The summed E-state index contributed by atoms with van der Waals surface area (Å²) in [4.78, 5) is 2.58. The molecule has 0 spiro atoms. The van der Waals surface area contributed by atoms with E-state index in [4.69, 9.17) is 0 Å². The predicted molar refractivity (Wildman–Crippen MR) is 73.2 cm³/mol. The van der Waals surface area contributed by atoms with Crippen molar-refractivity contribution in [2.24, 2.45) is 5.41 Å². The van der Waals surface area contributed by atoms with Gasteiger partial charge < -0.3 is 10.2 Å². The van der Waals surface area contributed by atoms with Gasteiger partial charge in [0.25, 0.3) is 0 Å². The molecule has 2 heteroatoms. The van der Waals surface area contributed by atoms with Gasteiger partial charge in [0.15, 0.2) is 0 Å². The summed E-state index contributed by atoms with van der Waals surface area (Å²) in [5, 5.41) is 3.41. The molecule has 1 aliphatic heterocycles. The molecule has 0 saturated carbocycles. The van der Waals surface area contributed by atoms with Crippen LogP contribution in [-0.4, -0.2) is 37.6 Å². The zero-order valence-corrected chi connectivity index (χ0v) is 11.1. The van der Waals surface area contributed by atoms with E-state index in [0.717, 1.165) is 19.5 Å². The molecular weight excluding hydrogens is 208 g/mol. The first-order chi connectivity index (χ1) is 8.16. The summed E-state index contributed by atoms with van der Waals surface area (Å²) in [6.45, 7) is 10.6. The first-order valence-corrected chi connectivity index (χ1v) is 6.63. The third kappa shape index (κ3) is 4.14. The number of nitrogens with zero attached hydrogens (tertiary/aromatic N) is 1. The van der Waals surface area contributed by atoms with E-state index >= 15 is 0 Å². The molecule has 1 aromatic rings. The summed E-state index contributed by atoms with van der Waals surface area (Å²) in [5.41, 5.74) is 1.81. The Morgan fingerprint density at radius 1 is 1.12 bits per heavy atom. The zero-order chi connectivity index (χ0) is 12.1. The third-order valence-corrected chi connectivity index (χ3v) is 3.39. The van der Waals surface area contributed by atoms with Crippen LogP contribution in [0.5, 0.6) is 0 Å². The van der Waals surface area contributed by atoms with Crippen LogP contribution in [0, 0.1) is 5.41 Å². The molecule has 1 heterocycles. The molecule has 0 bridgehead atoms. The molecule has 0 amide bonds. The lowest BCUT2D eigenvalue weighted by molar-refractivity contribution is 0.160. The molecule has 0 aromatic heterocycles. The van der Waals surface area contributed by atoms with E-state index in [2.05, 4.69) is 54.4 Å². The first-order valence-electron chi connectivity index (χ1n) is 6.63. The highest BCUT2D eigenvalue weighted by Crippen LogP contribution is 2.23. The molecule has 1 aromatic carbocycles. The average molecular weight is 232 g/mol. The highest BCUT2D eigenvalue weighted by molar-refractivity contribution is 5.16. The molecule has 0 aliphatic carbocycles. The van der Waals surface area contributed by atoms with Gasteiger partial charge in [0.1, 0.15) is 0 Å². The van der Waals surface area contributed by atoms with Gasteiger partial charge in [-0.1, -0.05) is 44.2 Å². The molecule has 1 fully saturated rings. The van der Waals surface area contributed by atoms with Crippen molar-refractivity contribution in [2.45, 2.75) is 20.3 Å². The summed E-state index contributed by atoms with van der Waals surface area (Å²) >= 11 is 0. The molecule has 1 saturated heterocycles. The number of nitrogens with one attached hydrogen (secondary N) is 1. The number of rotatable bonds is 4. The standard InChI is InChI=1S/C15H24N2/c1-15(2,12-14-6-4-3-5-7-14)13-17-10-8-16-9-11-17/h3-7,16H,8-13H2,1-2H3. The summed E-state index contributed by atoms with van der Waals surface area (Å²) in [7, 11) is 0. The van der Waals surface area contributed by atoms with Crippen molar-refractivity contribution in [1.82, 2.24) is 10.2 Å². The van der Waals surface area contributed by atoms with Crippen molar-refractivity contribution in [3.63, 3.8) is 0 Å².